The van der Waals surface area contributed by atoms with Gasteiger partial charge in [-0.2, -0.15) is 0 Å². The van der Waals surface area contributed by atoms with Crippen molar-refractivity contribution in [1.82, 2.24) is 14.8 Å². The molecule has 3 N–H and O–H groups in total. The fourth-order valence-corrected chi connectivity index (χ4v) is 3.55. The van der Waals surface area contributed by atoms with Gasteiger partial charge in [-0.1, -0.05) is 18.2 Å². The van der Waals surface area contributed by atoms with Crippen LogP contribution < -0.4 is 16.0 Å². The van der Waals surface area contributed by atoms with Crippen LogP contribution in [0.3, 0.4) is 0 Å². The number of benzene rings is 1. The molecule has 0 fully saturated rings. The van der Waals surface area contributed by atoms with Gasteiger partial charge < -0.3 is 4.74 Å². The first-order valence-corrected chi connectivity index (χ1v) is 7.83. The number of thiazole rings is 1. The lowest BCUT2D eigenvalue weighted by atomic mass is 10.0. The van der Waals surface area contributed by atoms with Gasteiger partial charge in [-0.3, -0.25) is 15.7 Å². The zero-order valence-corrected chi connectivity index (χ0v) is 12.2. The number of rotatable bonds is 4. The van der Waals surface area contributed by atoms with Crippen LogP contribution in [0.1, 0.15) is 11.3 Å². The number of fused-ring (bicyclic) bond motifs is 2. The predicted octanol–water partition coefficient (Wildman–Crippen LogP) is 1.77. The molecule has 2 atom stereocenters. The standard InChI is InChI=1S/C15H16N4OS/c16-18-12(8-11-9-19-5-6-21-15(19)17-11)14-7-10-3-1-2-4-13(10)20-14/h1-6,9,12,14,18H,7-8,16H2. The van der Waals surface area contributed by atoms with Crippen molar-refractivity contribution >= 4 is 16.3 Å². The Morgan fingerprint density at radius 2 is 2.38 bits per heavy atom. The summed E-state index contributed by atoms with van der Waals surface area (Å²) in [5.41, 5.74) is 5.17. The quantitative estimate of drug-likeness (QED) is 0.569. The van der Waals surface area contributed by atoms with Crippen molar-refractivity contribution in [2.45, 2.75) is 25.0 Å². The lowest BCUT2D eigenvalue weighted by molar-refractivity contribution is 0.177. The van der Waals surface area contributed by atoms with E-state index in [1.165, 1.54) is 5.56 Å². The zero-order valence-electron chi connectivity index (χ0n) is 11.4. The van der Waals surface area contributed by atoms with Gasteiger partial charge in [0.25, 0.3) is 0 Å². The molecular weight excluding hydrogens is 284 g/mol. The minimum Gasteiger partial charge on any atom is -0.488 e. The monoisotopic (exact) mass is 300 g/mol. The summed E-state index contributed by atoms with van der Waals surface area (Å²) in [7, 11) is 0. The highest BCUT2D eigenvalue weighted by Crippen LogP contribution is 2.30. The topological polar surface area (TPSA) is 64.6 Å². The number of imidazole rings is 1. The Hall–Kier alpha value is -1.89. The number of hydrogen-bond donors (Lipinski definition) is 2. The second kappa shape index (κ2) is 5.14. The van der Waals surface area contributed by atoms with E-state index in [1.807, 2.05) is 34.2 Å². The summed E-state index contributed by atoms with van der Waals surface area (Å²) in [4.78, 5) is 5.62. The molecule has 0 saturated heterocycles. The van der Waals surface area contributed by atoms with Crippen LogP contribution in [0.5, 0.6) is 5.75 Å². The first-order chi connectivity index (χ1) is 10.3. The minimum atomic E-state index is 0.0435. The summed E-state index contributed by atoms with van der Waals surface area (Å²) in [6.45, 7) is 0. The molecule has 0 saturated carbocycles. The van der Waals surface area contributed by atoms with Crippen molar-refractivity contribution in [3.05, 3.63) is 53.3 Å². The van der Waals surface area contributed by atoms with Crippen LogP contribution >= 0.6 is 11.3 Å². The van der Waals surface area contributed by atoms with Crippen LogP contribution in [0, 0.1) is 0 Å². The molecule has 21 heavy (non-hydrogen) atoms. The third kappa shape index (κ3) is 2.31. The van der Waals surface area contributed by atoms with Gasteiger partial charge in [-0.25, -0.2) is 4.98 Å². The van der Waals surface area contributed by atoms with Gasteiger partial charge in [-0.05, 0) is 11.6 Å². The van der Waals surface area contributed by atoms with E-state index in [4.69, 9.17) is 10.6 Å². The number of nitrogens with two attached hydrogens (primary N) is 1. The first kappa shape index (κ1) is 12.8. The molecule has 2 aromatic heterocycles. The molecule has 3 heterocycles. The lowest BCUT2D eigenvalue weighted by Gasteiger charge is -2.21. The molecule has 0 amide bonds. The molecule has 1 aliphatic heterocycles. The van der Waals surface area contributed by atoms with Gasteiger partial charge >= 0.3 is 0 Å². The number of hydrogen-bond acceptors (Lipinski definition) is 5. The molecule has 4 rings (SSSR count). The summed E-state index contributed by atoms with van der Waals surface area (Å²) in [6, 6.07) is 8.20. The highest BCUT2D eigenvalue weighted by molar-refractivity contribution is 7.15. The van der Waals surface area contributed by atoms with Crippen LogP contribution in [-0.4, -0.2) is 21.5 Å². The molecule has 0 aliphatic carbocycles. The highest BCUT2D eigenvalue weighted by atomic mass is 32.1. The van der Waals surface area contributed by atoms with E-state index >= 15 is 0 Å². The largest absolute Gasteiger partial charge is 0.488 e. The normalized spacial score (nSPS) is 18.6. The van der Waals surface area contributed by atoms with E-state index in [1.54, 1.807) is 11.3 Å². The van der Waals surface area contributed by atoms with Gasteiger partial charge in [-0.15, -0.1) is 11.3 Å². The van der Waals surface area contributed by atoms with Gasteiger partial charge in [0.2, 0.25) is 0 Å². The maximum absolute atomic E-state index is 6.01. The van der Waals surface area contributed by atoms with E-state index < -0.39 is 0 Å². The Morgan fingerprint density at radius 3 is 3.19 bits per heavy atom. The van der Waals surface area contributed by atoms with Gasteiger partial charge in [0.1, 0.15) is 11.9 Å². The third-order valence-corrected chi connectivity index (χ3v) is 4.68. The van der Waals surface area contributed by atoms with E-state index in [2.05, 4.69) is 22.7 Å². The number of hydrazine groups is 1. The van der Waals surface area contributed by atoms with Crippen molar-refractivity contribution in [2.75, 3.05) is 0 Å². The molecule has 3 aromatic rings. The van der Waals surface area contributed by atoms with Crippen molar-refractivity contribution < 1.29 is 4.74 Å². The van der Waals surface area contributed by atoms with E-state index in [9.17, 15) is 0 Å². The fourth-order valence-electron chi connectivity index (χ4n) is 2.83. The Balaban J connectivity index is 1.52. The van der Waals surface area contributed by atoms with Crippen LogP contribution in [0.2, 0.25) is 0 Å². The van der Waals surface area contributed by atoms with Crippen LogP contribution in [0.25, 0.3) is 4.96 Å². The Kier molecular flexibility index (Phi) is 3.14. The summed E-state index contributed by atoms with van der Waals surface area (Å²) < 4.78 is 8.05. The summed E-state index contributed by atoms with van der Waals surface area (Å²) in [5.74, 6) is 6.71. The number of nitrogens with one attached hydrogen (secondary N) is 1. The van der Waals surface area contributed by atoms with E-state index in [0.717, 1.165) is 29.2 Å². The molecule has 5 nitrogen and oxygen atoms in total. The predicted molar refractivity (Wildman–Crippen MR) is 82.4 cm³/mol. The van der Waals surface area contributed by atoms with Crippen LogP contribution in [-0.2, 0) is 12.8 Å². The average Bonchev–Trinajstić information content (AvgIpc) is 3.17. The Bertz CT molecular complexity index is 712. The molecule has 1 aromatic carbocycles. The summed E-state index contributed by atoms with van der Waals surface area (Å²) >= 11 is 1.63. The molecule has 6 heteroatoms. The maximum atomic E-state index is 6.01. The number of ether oxygens (including phenoxy) is 1. The van der Waals surface area contributed by atoms with Crippen molar-refractivity contribution in [3.63, 3.8) is 0 Å². The lowest BCUT2D eigenvalue weighted by Crippen LogP contribution is -2.47. The molecule has 2 unspecified atom stereocenters. The zero-order chi connectivity index (χ0) is 14.2. The third-order valence-electron chi connectivity index (χ3n) is 3.91. The minimum absolute atomic E-state index is 0.0435. The van der Waals surface area contributed by atoms with Gasteiger partial charge in [0.15, 0.2) is 4.96 Å². The molecule has 0 spiro atoms. The van der Waals surface area contributed by atoms with Crippen LogP contribution in [0.15, 0.2) is 42.0 Å². The molecule has 0 radical (unpaired) electrons. The van der Waals surface area contributed by atoms with Crippen molar-refractivity contribution in [3.8, 4) is 5.75 Å². The second-order valence-corrected chi connectivity index (χ2v) is 6.14. The average molecular weight is 300 g/mol. The number of nitrogens with zero attached hydrogens (tertiary/aromatic N) is 2. The Labute approximate surface area is 126 Å². The van der Waals surface area contributed by atoms with Crippen molar-refractivity contribution in [1.29, 1.82) is 0 Å². The first-order valence-electron chi connectivity index (χ1n) is 6.95. The van der Waals surface area contributed by atoms with Crippen LogP contribution in [0.4, 0.5) is 0 Å². The highest BCUT2D eigenvalue weighted by Gasteiger charge is 2.30. The van der Waals surface area contributed by atoms with E-state index in [-0.39, 0.29) is 12.1 Å². The fraction of sp³-hybridized carbons (Fsp3) is 0.267. The molecular formula is C15H16N4OS. The van der Waals surface area contributed by atoms with Crippen molar-refractivity contribution in [2.24, 2.45) is 5.84 Å². The molecule has 1 aliphatic rings. The molecule has 108 valence electrons. The van der Waals surface area contributed by atoms with Gasteiger partial charge in [0.05, 0.1) is 11.7 Å². The summed E-state index contributed by atoms with van der Waals surface area (Å²) in [6.07, 6.45) is 5.76. The SMILES string of the molecule is NNC(Cc1cn2ccsc2n1)C1Cc2ccccc2O1. The second-order valence-electron chi connectivity index (χ2n) is 5.27. The Morgan fingerprint density at radius 1 is 1.48 bits per heavy atom. The molecule has 0 bridgehead atoms. The smallest absolute Gasteiger partial charge is 0.193 e. The number of aromatic nitrogens is 2. The maximum Gasteiger partial charge on any atom is 0.193 e. The summed E-state index contributed by atoms with van der Waals surface area (Å²) in [5, 5.41) is 2.03. The van der Waals surface area contributed by atoms with Gasteiger partial charge in [0, 0.05) is 30.6 Å². The van der Waals surface area contributed by atoms with E-state index in [0.29, 0.717) is 0 Å². The number of para-hydroxylation sites is 1.